The van der Waals surface area contributed by atoms with E-state index in [9.17, 15) is 28.0 Å². The molecular weight excluding hydrogens is 377 g/mol. The Bertz CT molecular complexity index is 945. The number of anilines is 1. The maximum absolute atomic E-state index is 13.0. The zero-order chi connectivity index (χ0) is 20.7. The Kier molecular flexibility index (Phi) is 6.39. The van der Waals surface area contributed by atoms with Crippen LogP contribution in [0.2, 0.25) is 0 Å². The summed E-state index contributed by atoms with van der Waals surface area (Å²) in [5.74, 6) is -1.88. The third-order valence-corrected chi connectivity index (χ3v) is 3.40. The maximum atomic E-state index is 13.0. The minimum absolute atomic E-state index is 0.265. The molecule has 6 nitrogen and oxygen atoms in total. The van der Waals surface area contributed by atoms with Crippen LogP contribution in [0.15, 0.2) is 54.1 Å². The van der Waals surface area contributed by atoms with Crippen molar-refractivity contribution in [2.45, 2.75) is 6.18 Å². The summed E-state index contributed by atoms with van der Waals surface area (Å²) in [4.78, 5) is 22.7. The number of carbonyl (C=O) groups is 2. The van der Waals surface area contributed by atoms with E-state index in [0.717, 1.165) is 12.1 Å². The van der Waals surface area contributed by atoms with Crippen LogP contribution in [0.25, 0.3) is 6.08 Å². The quantitative estimate of drug-likeness (QED) is 0.579. The number of hydrogen-bond acceptors (Lipinski definition) is 4. The highest BCUT2D eigenvalue weighted by molar-refractivity contribution is 6.10. The molecule has 0 bridgehead atoms. The zero-order valence-corrected chi connectivity index (χ0v) is 14.2. The number of halogens is 3. The van der Waals surface area contributed by atoms with E-state index in [1.165, 1.54) is 42.5 Å². The largest absolute Gasteiger partial charge is 0.482 e. The molecule has 2 aromatic rings. The Morgan fingerprint density at radius 3 is 2.36 bits per heavy atom. The van der Waals surface area contributed by atoms with Crippen molar-refractivity contribution in [1.29, 1.82) is 5.26 Å². The lowest BCUT2D eigenvalue weighted by molar-refractivity contribution is -0.139. The van der Waals surface area contributed by atoms with Crippen molar-refractivity contribution in [3.63, 3.8) is 0 Å². The van der Waals surface area contributed by atoms with E-state index in [-0.39, 0.29) is 5.75 Å². The summed E-state index contributed by atoms with van der Waals surface area (Å²) >= 11 is 0. The molecule has 0 atom stereocenters. The number of ether oxygens (including phenoxy) is 1. The highest BCUT2D eigenvalue weighted by Gasteiger charge is 2.33. The molecule has 28 heavy (non-hydrogen) atoms. The molecule has 0 aromatic heterocycles. The fourth-order valence-electron chi connectivity index (χ4n) is 2.15. The van der Waals surface area contributed by atoms with Gasteiger partial charge in [0.25, 0.3) is 5.91 Å². The lowest BCUT2D eigenvalue weighted by atomic mass is 10.1. The first kappa shape index (κ1) is 20.5. The number of hydrogen-bond donors (Lipinski definition) is 2. The van der Waals surface area contributed by atoms with Crippen LogP contribution in [0, 0.1) is 11.3 Å². The molecule has 0 aliphatic carbocycles. The van der Waals surface area contributed by atoms with Crippen molar-refractivity contribution >= 4 is 23.6 Å². The molecule has 0 radical (unpaired) electrons. The van der Waals surface area contributed by atoms with Crippen molar-refractivity contribution in [3.05, 3.63) is 65.2 Å². The van der Waals surface area contributed by atoms with Gasteiger partial charge in [0.2, 0.25) is 0 Å². The molecule has 0 aliphatic heterocycles. The number of para-hydroxylation sites is 1. The summed E-state index contributed by atoms with van der Waals surface area (Å²) in [6, 6.07) is 11.9. The fraction of sp³-hybridized carbons (Fsp3) is 0.105. The number of alkyl halides is 3. The average Bonchev–Trinajstić information content (AvgIpc) is 2.64. The molecule has 0 heterocycles. The van der Waals surface area contributed by atoms with Crippen LogP contribution in [0.4, 0.5) is 18.9 Å². The van der Waals surface area contributed by atoms with Crippen LogP contribution < -0.4 is 10.1 Å². The van der Waals surface area contributed by atoms with E-state index in [0.29, 0.717) is 5.56 Å². The van der Waals surface area contributed by atoms with E-state index in [2.05, 4.69) is 5.32 Å². The lowest BCUT2D eigenvalue weighted by Gasteiger charge is -2.13. The van der Waals surface area contributed by atoms with Gasteiger partial charge in [0.15, 0.2) is 6.61 Å². The molecule has 0 saturated heterocycles. The first-order valence-corrected chi connectivity index (χ1v) is 7.74. The number of aliphatic carboxylic acids is 1. The second kappa shape index (κ2) is 8.73. The monoisotopic (exact) mass is 390 g/mol. The third-order valence-electron chi connectivity index (χ3n) is 3.40. The van der Waals surface area contributed by atoms with Crippen molar-refractivity contribution in [2.24, 2.45) is 0 Å². The van der Waals surface area contributed by atoms with E-state index in [4.69, 9.17) is 9.84 Å². The first-order chi connectivity index (χ1) is 13.2. The highest BCUT2D eigenvalue weighted by Crippen LogP contribution is 2.34. The van der Waals surface area contributed by atoms with Crippen LogP contribution in [-0.4, -0.2) is 23.6 Å². The molecule has 2 aromatic carbocycles. The molecule has 1 amide bonds. The van der Waals surface area contributed by atoms with E-state index >= 15 is 0 Å². The number of carbonyl (C=O) groups excluding carboxylic acids is 1. The van der Waals surface area contributed by atoms with Gasteiger partial charge in [-0.2, -0.15) is 18.4 Å². The summed E-state index contributed by atoms with van der Waals surface area (Å²) in [6.07, 6.45) is -3.47. The van der Waals surface area contributed by atoms with E-state index in [1.807, 2.05) is 0 Å². The van der Waals surface area contributed by atoms with Crippen LogP contribution in [0.5, 0.6) is 5.75 Å². The molecular formula is C19H13F3N2O4. The number of nitrogens with zero attached hydrogens (tertiary/aromatic N) is 1. The predicted octanol–water partition coefficient (Wildman–Crippen LogP) is 3.71. The number of amides is 1. The standard InChI is InChI=1S/C19H13F3N2O4/c20-19(21,22)15-3-1-2-4-16(15)24-18(27)13(10-23)9-12-5-7-14(8-6-12)28-11-17(25)26/h1-9H,11H2,(H,24,27)(H,25,26)/b13-9+. The van der Waals surface area contributed by atoms with Gasteiger partial charge in [-0.05, 0) is 35.9 Å². The number of rotatable bonds is 6. The fourth-order valence-corrected chi connectivity index (χ4v) is 2.15. The molecule has 0 saturated carbocycles. The third kappa shape index (κ3) is 5.60. The summed E-state index contributed by atoms with van der Waals surface area (Å²) < 4.78 is 44.0. The molecule has 0 aliphatic rings. The Morgan fingerprint density at radius 2 is 1.79 bits per heavy atom. The van der Waals surface area contributed by atoms with Gasteiger partial charge in [0.05, 0.1) is 11.3 Å². The van der Waals surface area contributed by atoms with Crippen LogP contribution in [0.3, 0.4) is 0 Å². The Morgan fingerprint density at radius 1 is 1.14 bits per heavy atom. The SMILES string of the molecule is N#C/C(=C\c1ccc(OCC(=O)O)cc1)C(=O)Nc1ccccc1C(F)(F)F. The Labute approximate surface area is 157 Å². The van der Waals surface area contributed by atoms with Gasteiger partial charge >= 0.3 is 12.1 Å². The van der Waals surface area contributed by atoms with Crippen LogP contribution >= 0.6 is 0 Å². The second-order valence-electron chi connectivity index (χ2n) is 5.42. The molecule has 0 fully saturated rings. The number of nitriles is 1. The smallest absolute Gasteiger partial charge is 0.418 e. The van der Waals surface area contributed by atoms with Gasteiger partial charge in [0, 0.05) is 0 Å². The van der Waals surface area contributed by atoms with Gasteiger partial charge in [-0.15, -0.1) is 0 Å². The van der Waals surface area contributed by atoms with Crippen molar-refractivity contribution in [1.82, 2.24) is 0 Å². The molecule has 2 rings (SSSR count). The van der Waals surface area contributed by atoms with Crippen molar-refractivity contribution in [2.75, 3.05) is 11.9 Å². The van der Waals surface area contributed by atoms with Gasteiger partial charge in [-0.3, -0.25) is 4.79 Å². The van der Waals surface area contributed by atoms with Gasteiger partial charge in [-0.25, -0.2) is 4.79 Å². The summed E-state index contributed by atoms with van der Waals surface area (Å²) in [6.45, 7) is -0.528. The molecule has 144 valence electrons. The van der Waals surface area contributed by atoms with Crippen LogP contribution in [0.1, 0.15) is 11.1 Å². The van der Waals surface area contributed by atoms with E-state index < -0.39 is 41.5 Å². The normalized spacial score (nSPS) is 11.4. The van der Waals surface area contributed by atoms with Crippen LogP contribution in [-0.2, 0) is 15.8 Å². The van der Waals surface area contributed by atoms with Gasteiger partial charge in [0.1, 0.15) is 17.4 Å². The number of carboxylic acids is 1. The summed E-state index contributed by atoms with van der Waals surface area (Å²) in [5, 5.41) is 19.8. The number of benzene rings is 2. The Hall–Kier alpha value is -3.80. The minimum Gasteiger partial charge on any atom is -0.482 e. The minimum atomic E-state index is -4.66. The van der Waals surface area contributed by atoms with E-state index in [1.54, 1.807) is 6.07 Å². The number of nitrogens with one attached hydrogen (secondary N) is 1. The summed E-state index contributed by atoms with van der Waals surface area (Å²) in [5.41, 5.74) is -1.49. The second-order valence-corrected chi connectivity index (χ2v) is 5.42. The average molecular weight is 390 g/mol. The maximum Gasteiger partial charge on any atom is 0.418 e. The molecule has 0 unspecified atom stereocenters. The van der Waals surface area contributed by atoms with Gasteiger partial charge < -0.3 is 15.2 Å². The highest BCUT2D eigenvalue weighted by atomic mass is 19.4. The zero-order valence-electron chi connectivity index (χ0n) is 14.2. The molecule has 9 heteroatoms. The van der Waals surface area contributed by atoms with Gasteiger partial charge in [-0.1, -0.05) is 24.3 Å². The summed E-state index contributed by atoms with van der Waals surface area (Å²) in [7, 11) is 0. The molecule has 0 spiro atoms. The number of carboxylic acid groups (broad SMARTS) is 1. The lowest BCUT2D eigenvalue weighted by Crippen LogP contribution is -2.17. The topological polar surface area (TPSA) is 99.4 Å². The predicted molar refractivity (Wildman–Crippen MR) is 93.2 cm³/mol. The van der Waals surface area contributed by atoms with Crippen molar-refractivity contribution in [3.8, 4) is 11.8 Å². The molecule has 2 N–H and O–H groups in total. The van der Waals surface area contributed by atoms with Crippen molar-refractivity contribution < 1.29 is 32.6 Å². The first-order valence-electron chi connectivity index (χ1n) is 7.74. The Balaban J connectivity index is 2.18.